The highest BCUT2D eigenvalue weighted by Gasteiger charge is 2.32. The molecule has 0 aromatic heterocycles. The zero-order valence-corrected chi connectivity index (χ0v) is 17.4. The molecule has 3 rings (SSSR count). The molecule has 0 fully saturated rings. The van der Waals surface area contributed by atoms with Crippen LogP contribution in [0.4, 0.5) is 0 Å². The van der Waals surface area contributed by atoms with Gasteiger partial charge in [-0.3, -0.25) is 0 Å². The minimum atomic E-state index is -0.892. The summed E-state index contributed by atoms with van der Waals surface area (Å²) in [6, 6.07) is 28.9. The van der Waals surface area contributed by atoms with Gasteiger partial charge < -0.3 is 24.1 Å². The third-order valence-electron chi connectivity index (χ3n) is 4.88. The molecular formula is C26H28O5. The number of benzene rings is 3. The van der Waals surface area contributed by atoms with Crippen LogP contribution in [-0.4, -0.2) is 36.3 Å². The molecular weight excluding hydrogens is 392 g/mol. The maximum Gasteiger partial charge on any atom is 0.151 e. The topological polar surface area (TPSA) is 65.0 Å². The van der Waals surface area contributed by atoms with Crippen LogP contribution < -0.4 is 0 Å². The van der Waals surface area contributed by atoms with E-state index in [4.69, 9.17) is 14.2 Å². The summed E-state index contributed by atoms with van der Waals surface area (Å²) in [5.74, 6) is 0. The number of hydrogen-bond donors (Lipinski definition) is 1. The second-order valence-corrected chi connectivity index (χ2v) is 7.18. The normalized spacial score (nSPS) is 14.0. The monoisotopic (exact) mass is 420 g/mol. The predicted molar refractivity (Wildman–Crippen MR) is 118 cm³/mol. The second-order valence-electron chi connectivity index (χ2n) is 7.18. The molecule has 3 aromatic carbocycles. The van der Waals surface area contributed by atoms with Crippen molar-refractivity contribution >= 4 is 6.29 Å². The number of aliphatic hydroxyl groups excluding tert-OH is 1. The van der Waals surface area contributed by atoms with Crippen molar-refractivity contribution in [2.45, 2.75) is 38.1 Å². The van der Waals surface area contributed by atoms with Crippen molar-refractivity contribution in [1.29, 1.82) is 0 Å². The zero-order valence-electron chi connectivity index (χ0n) is 17.4. The molecule has 31 heavy (non-hydrogen) atoms. The molecule has 0 spiro atoms. The summed E-state index contributed by atoms with van der Waals surface area (Å²) in [4.78, 5) is 11.9. The van der Waals surface area contributed by atoms with Gasteiger partial charge in [0.1, 0.15) is 18.3 Å². The summed E-state index contributed by atoms with van der Waals surface area (Å²) in [6.45, 7) is 0.523. The summed E-state index contributed by atoms with van der Waals surface area (Å²) in [5, 5.41) is 10.0. The SMILES string of the molecule is O=C[C@H](OCc1ccccc1)[C@H](OCc1ccccc1)[C@H](CO)OCc1ccccc1. The van der Waals surface area contributed by atoms with Crippen molar-refractivity contribution in [2.75, 3.05) is 6.61 Å². The van der Waals surface area contributed by atoms with E-state index in [9.17, 15) is 9.90 Å². The van der Waals surface area contributed by atoms with E-state index in [0.29, 0.717) is 12.9 Å². The van der Waals surface area contributed by atoms with E-state index in [0.717, 1.165) is 16.7 Å². The Morgan fingerprint density at radius 1 is 0.645 bits per heavy atom. The molecule has 0 saturated carbocycles. The Morgan fingerprint density at radius 3 is 1.48 bits per heavy atom. The van der Waals surface area contributed by atoms with Crippen molar-refractivity contribution < 1.29 is 24.1 Å². The Balaban J connectivity index is 1.71. The summed E-state index contributed by atoms with van der Waals surface area (Å²) in [7, 11) is 0. The van der Waals surface area contributed by atoms with Crippen molar-refractivity contribution in [2.24, 2.45) is 0 Å². The lowest BCUT2D eigenvalue weighted by atomic mass is 10.1. The van der Waals surface area contributed by atoms with Crippen LogP contribution in [-0.2, 0) is 38.8 Å². The van der Waals surface area contributed by atoms with Crippen molar-refractivity contribution in [3.63, 3.8) is 0 Å². The lowest BCUT2D eigenvalue weighted by Gasteiger charge is -2.30. The number of aliphatic hydroxyl groups is 1. The van der Waals surface area contributed by atoms with Crippen LogP contribution in [0, 0.1) is 0 Å². The standard InChI is InChI=1S/C26H28O5/c27-16-24(29-18-21-10-4-1-5-11-21)26(31-20-23-14-8-3-9-15-23)25(17-28)30-19-22-12-6-2-7-13-22/h1-16,24-26,28H,17-20H2/t24-,25-,26-/m0/s1. The first-order valence-electron chi connectivity index (χ1n) is 10.3. The van der Waals surface area contributed by atoms with Crippen molar-refractivity contribution in [3.8, 4) is 0 Å². The maximum atomic E-state index is 11.9. The van der Waals surface area contributed by atoms with Gasteiger partial charge in [0.15, 0.2) is 6.29 Å². The number of rotatable bonds is 13. The lowest BCUT2D eigenvalue weighted by molar-refractivity contribution is -0.165. The van der Waals surface area contributed by atoms with E-state index in [1.807, 2.05) is 91.0 Å². The fraction of sp³-hybridized carbons (Fsp3) is 0.269. The molecule has 0 saturated heterocycles. The molecule has 0 aliphatic carbocycles. The van der Waals surface area contributed by atoms with Gasteiger partial charge in [-0.1, -0.05) is 91.0 Å². The molecule has 0 unspecified atom stereocenters. The Kier molecular flexibility index (Phi) is 9.41. The smallest absolute Gasteiger partial charge is 0.151 e. The quantitative estimate of drug-likeness (QED) is 0.425. The first-order valence-corrected chi connectivity index (χ1v) is 10.3. The van der Waals surface area contributed by atoms with Crippen LogP contribution in [0.5, 0.6) is 0 Å². The Hall–Kier alpha value is -2.83. The summed E-state index contributed by atoms with van der Waals surface area (Å²) in [6.07, 6.45) is -1.67. The number of hydrogen-bond acceptors (Lipinski definition) is 5. The average Bonchev–Trinajstić information content (AvgIpc) is 2.84. The van der Waals surface area contributed by atoms with Crippen LogP contribution in [0.3, 0.4) is 0 Å². The number of carbonyl (C=O) groups is 1. The van der Waals surface area contributed by atoms with Crippen LogP contribution in [0.1, 0.15) is 16.7 Å². The van der Waals surface area contributed by atoms with E-state index in [2.05, 4.69) is 0 Å². The Morgan fingerprint density at radius 2 is 1.06 bits per heavy atom. The predicted octanol–water partition coefficient (Wildman–Crippen LogP) is 3.93. The molecule has 0 amide bonds. The van der Waals surface area contributed by atoms with Gasteiger partial charge in [-0.15, -0.1) is 0 Å². The zero-order chi connectivity index (χ0) is 21.7. The van der Waals surface area contributed by atoms with E-state index in [1.165, 1.54) is 0 Å². The molecule has 0 bridgehead atoms. The van der Waals surface area contributed by atoms with Crippen LogP contribution in [0.15, 0.2) is 91.0 Å². The van der Waals surface area contributed by atoms with Gasteiger partial charge in [-0.2, -0.15) is 0 Å². The van der Waals surface area contributed by atoms with Crippen LogP contribution in [0.25, 0.3) is 0 Å². The molecule has 1 N–H and O–H groups in total. The van der Waals surface area contributed by atoms with Crippen molar-refractivity contribution in [1.82, 2.24) is 0 Å². The van der Waals surface area contributed by atoms with Gasteiger partial charge in [0.25, 0.3) is 0 Å². The molecule has 5 heteroatoms. The molecule has 0 aliphatic heterocycles. The van der Waals surface area contributed by atoms with Crippen LogP contribution >= 0.6 is 0 Å². The Labute approximate surface area is 183 Å². The molecule has 3 aromatic rings. The average molecular weight is 421 g/mol. The van der Waals surface area contributed by atoms with E-state index in [-0.39, 0.29) is 19.8 Å². The molecule has 3 atom stereocenters. The first kappa shape index (κ1) is 22.8. The molecule has 5 nitrogen and oxygen atoms in total. The highest BCUT2D eigenvalue weighted by atomic mass is 16.6. The van der Waals surface area contributed by atoms with Gasteiger partial charge in [-0.05, 0) is 16.7 Å². The van der Waals surface area contributed by atoms with Crippen molar-refractivity contribution in [3.05, 3.63) is 108 Å². The number of aldehydes is 1. The third-order valence-corrected chi connectivity index (χ3v) is 4.88. The minimum Gasteiger partial charge on any atom is -0.394 e. The minimum absolute atomic E-state index is 0.256. The lowest BCUT2D eigenvalue weighted by Crippen LogP contribution is -2.45. The summed E-state index contributed by atoms with van der Waals surface area (Å²) >= 11 is 0. The largest absolute Gasteiger partial charge is 0.394 e. The molecule has 0 aliphatic rings. The van der Waals surface area contributed by atoms with E-state index >= 15 is 0 Å². The highest BCUT2D eigenvalue weighted by molar-refractivity contribution is 5.57. The fourth-order valence-corrected chi connectivity index (χ4v) is 3.19. The molecule has 0 radical (unpaired) electrons. The van der Waals surface area contributed by atoms with Crippen LogP contribution in [0.2, 0.25) is 0 Å². The first-order chi connectivity index (χ1) is 15.3. The Bertz CT molecular complexity index is 870. The molecule has 0 heterocycles. The second kappa shape index (κ2) is 12.8. The van der Waals surface area contributed by atoms with Gasteiger partial charge in [-0.25, -0.2) is 0 Å². The third kappa shape index (κ3) is 7.42. The van der Waals surface area contributed by atoms with Gasteiger partial charge in [0.05, 0.1) is 26.4 Å². The summed E-state index contributed by atoms with van der Waals surface area (Å²) < 4.78 is 17.9. The van der Waals surface area contributed by atoms with Gasteiger partial charge >= 0.3 is 0 Å². The molecule has 162 valence electrons. The number of ether oxygens (including phenoxy) is 3. The maximum absolute atomic E-state index is 11.9. The van der Waals surface area contributed by atoms with E-state index < -0.39 is 18.3 Å². The highest BCUT2D eigenvalue weighted by Crippen LogP contribution is 2.17. The van der Waals surface area contributed by atoms with Gasteiger partial charge in [0.2, 0.25) is 0 Å². The van der Waals surface area contributed by atoms with E-state index in [1.54, 1.807) is 0 Å². The number of carbonyl (C=O) groups excluding carboxylic acids is 1. The summed E-state index contributed by atoms with van der Waals surface area (Å²) in [5.41, 5.74) is 2.87. The fourth-order valence-electron chi connectivity index (χ4n) is 3.19. The van der Waals surface area contributed by atoms with Gasteiger partial charge in [0, 0.05) is 0 Å².